The van der Waals surface area contributed by atoms with Crippen LogP contribution in [0.4, 0.5) is 5.69 Å². The zero-order valence-electron chi connectivity index (χ0n) is 12.8. The van der Waals surface area contributed by atoms with Crippen molar-refractivity contribution in [1.82, 2.24) is 19.8 Å². The number of carbonyl (C=O) groups excluding carboxylic acids is 1. The number of hydrogen-bond donors (Lipinski definition) is 1. The molecule has 1 amide bonds. The molecule has 0 saturated heterocycles. The highest BCUT2D eigenvalue weighted by Crippen LogP contribution is 2.31. The van der Waals surface area contributed by atoms with E-state index < -0.39 is 0 Å². The van der Waals surface area contributed by atoms with Crippen molar-refractivity contribution in [3.63, 3.8) is 0 Å². The fraction of sp³-hybridized carbons (Fsp3) is 0.0588. The van der Waals surface area contributed by atoms with Crippen LogP contribution in [-0.4, -0.2) is 25.7 Å². The molecule has 0 spiro atoms. The lowest BCUT2D eigenvalue weighted by Gasteiger charge is -2.09. The Morgan fingerprint density at radius 1 is 1.04 bits per heavy atom. The summed E-state index contributed by atoms with van der Waals surface area (Å²) in [6.45, 7) is 1.85. The Balaban J connectivity index is 1.71. The monoisotopic (exact) mass is 335 g/mol. The second kappa shape index (κ2) is 5.86. The summed E-state index contributed by atoms with van der Waals surface area (Å²) in [7, 11) is 0. The minimum Gasteiger partial charge on any atom is -0.321 e. The zero-order valence-corrected chi connectivity index (χ0v) is 13.6. The number of aryl methyl sites for hydroxylation is 1. The average Bonchev–Trinajstić information content (AvgIpc) is 3.18. The molecule has 1 N–H and O–H groups in total. The predicted octanol–water partition coefficient (Wildman–Crippen LogP) is 3.41. The number of para-hydroxylation sites is 1. The number of nitrogens with one attached hydrogen (secondary N) is 1. The van der Waals surface area contributed by atoms with E-state index in [9.17, 15) is 4.79 Å². The second-order valence-electron chi connectivity index (χ2n) is 5.21. The van der Waals surface area contributed by atoms with Gasteiger partial charge in [0.05, 0.1) is 5.69 Å². The lowest BCUT2D eigenvalue weighted by Crippen LogP contribution is -2.12. The summed E-state index contributed by atoms with van der Waals surface area (Å²) in [5.41, 5.74) is 2.19. The highest BCUT2D eigenvalue weighted by atomic mass is 32.1. The number of nitrogens with zero attached hydrogens (tertiary/aromatic N) is 4. The third-order valence-electron chi connectivity index (χ3n) is 3.59. The van der Waals surface area contributed by atoms with Gasteiger partial charge < -0.3 is 5.32 Å². The van der Waals surface area contributed by atoms with Gasteiger partial charge in [-0.2, -0.15) is 9.61 Å². The Bertz CT molecular complexity index is 1020. The van der Waals surface area contributed by atoms with Crippen molar-refractivity contribution in [1.29, 1.82) is 0 Å². The molecular formula is C17H13N5OS. The lowest BCUT2D eigenvalue weighted by molar-refractivity contribution is 0.102. The summed E-state index contributed by atoms with van der Waals surface area (Å²) in [6.07, 6.45) is 0. The van der Waals surface area contributed by atoms with Gasteiger partial charge in [0.25, 0.3) is 5.91 Å². The summed E-state index contributed by atoms with van der Waals surface area (Å²) >= 11 is 1.44. The van der Waals surface area contributed by atoms with Gasteiger partial charge in [-0.15, -0.1) is 10.2 Å². The number of fused-ring (bicyclic) bond motifs is 1. The first-order chi connectivity index (χ1) is 11.7. The molecule has 6 nitrogen and oxygen atoms in total. The summed E-state index contributed by atoms with van der Waals surface area (Å²) in [5, 5.41) is 16.4. The van der Waals surface area contributed by atoms with Crippen molar-refractivity contribution < 1.29 is 4.79 Å². The van der Waals surface area contributed by atoms with E-state index in [0.29, 0.717) is 11.3 Å². The smallest absolute Gasteiger partial charge is 0.255 e. The standard InChI is InChI=1S/C17H13N5OS/c1-11-19-20-17-22(11)21-16(24-17)13-9-5-6-10-14(13)18-15(23)12-7-3-2-4-8-12/h2-10H,1H3,(H,18,23). The van der Waals surface area contributed by atoms with Crippen molar-refractivity contribution in [3.05, 3.63) is 66.0 Å². The Kier molecular flexibility index (Phi) is 3.55. The number of anilines is 1. The molecular weight excluding hydrogens is 322 g/mol. The molecule has 0 aliphatic rings. The molecule has 7 heteroatoms. The topological polar surface area (TPSA) is 72.2 Å². The van der Waals surface area contributed by atoms with Crippen molar-refractivity contribution in [2.45, 2.75) is 6.92 Å². The van der Waals surface area contributed by atoms with E-state index in [2.05, 4.69) is 20.6 Å². The second-order valence-corrected chi connectivity index (χ2v) is 6.17. The third kappa shape index (κ3) is 2.55. The van der Waals surface area contributed by atoms with E-state index in [1.165, 1.54) is 11.3 Å². The molecule has 0 fully saturated rings. The van der Waals surface area contributed by atoms with Crippen molar-refractivity contribution in [2.24, 2.45) is 0 Å². The van der Waals surface area contributed by atoms with Gasteiger partial charge in [-0.3, -0.25) is 4.79 Å². The Labute approximate surface area is 141 Å². The molecule has 2 aromatic heterocycles. The van der Waals surface area contributed by atoms with Gasteiger partial charge in [0, 0.05) is 11.1 Å². The molecule has 118 valence electrons. The fourth-order valence-electron chi connectivity index (χ4n) is 2.39. The van der Waals surface area contributed by atoms with Crippen LogP contribution < -0.4 is 5.32 Å². The van der Waals surface area contributed by atoms with Crippen molar-refractivity contribution in [2.75, 3.05) is 5.32 Å². The number of carbonyl (C=O) groups is 1. The summed E-state index contributed by atoms with van der Waals surface area (Å²) in [6, 6.07) is 16.7. The van der Waals surface area contributed by atoms with E-state index in [4.69, 9.17) is 0 Å². The first kappa shape index (κ1) is 14.5. The van der Waals surface area contributed by atoms with Gasteiger partial charge in [-0.05, 0) is 31.2 Å². The number of amides is 1. The quantitative estimate of drug-likeness (QED) is 0.623. The Morgan fingerprint density at radius 2 is 1.79 bits per heavy atom. The van der Waals surface area contributed by atoms with Crippen LogP contribution in [0.3, 0.4) is 0 Å². The van der Waals surface area contributed by atoms with Gasteiger partial charge in [0.2, 0.25) is 4.96 Å². The maximum Gasteiger partial charge on any atom is 0.255 e. The molecule has 4 aromatic rings. The van der Waals surface area contributed by atoms with E-state index in [-0.39, 0.29) is 5.91 Å². The van der Waals surface area contributed by atoms with Crippen LogP contribution in [0.1, 0.15) is 16.2 Å². The predicted molar refractivity (Wildman–Crippen MR) is 93.2 cm³/mol. The molecule has 0 bridgehead atoms. The summed E-state index contributed by atoms with van der Waals surface area (Å²) < 4.78 is 1.70. The van der Waals surface area contributed by atoms with Gasteiger partial charge in [-0.25, -0.2) is 0 Å². The maximum absolute atomic E-state index is 12.4. The molecule has 0 atom stereocenters. The lowest BCUT2D eigenvalue weighted by atomic mass is 10.1. The van der Waals surface area contributed by atoms with Gasteiger partial charge in [0.15, 0.2) is 5.82 Å². The fourth-order valence-corrected chi connectivity index (χ4v) is 3.31. The normalized spacial score (nSPS) is 10.9. The minimum atomic E-state index is -0.151. The Morgan fingerprint density at radius 3 is 2.58 bits per heavy atom. The molecule has 2 aromatic carbocycles. The highest BCUT2D eigenvalue weighted by Gasteiger charge is 2.15. The minimum absolute atomic E-state index is 0.151. The van der Waals surface area contributed by atoms with Crippen LogP contribution in [0.2, 0.25) is 0 Å². The molecule has 0 radical (unpaired) electrons. The molecule has 24 heavy (non-hydrogen) atoms. The average molecular weight is 335 g/mol. The largest absolute Gasteiger partial charge is 0.321 e. The first-order valence-corrected chi connectivity index (χ1v) is 8.18. The van der Waals surface area contributed by atoms with Crippen LogP contribution in [0.5, 0.6) is 0 Å². The van der Waals surface area contributed by atoms with Gasteiger partial charge in [0.1, 0.15) is 5.01 Å². The summed E-state index contributed by atoms with van der Waals surface area (Å²) in [5.74, 6) is 0.584. The van der Waals surface area contributed by atoms with Gasteiger partial charge >= 0.3 is 0 Å². The number of benzene rings is 2. The van der Waals surface area contributed by atoms with E-state index in [1.54, 1.807) is 16.6 Å². The van der Waals surface area contributed by atoms with Crippen LogP contribution >= 0.6 is 11.3 Å². The van der Waals surface area contributed by atoms with E-state index in [0.717, 1.165) is 21.4 Å². The number of hydrogen-bond acceptors (Lipinski definition) is 5. The number of rotatable bonds is 3. The van der Waals surface area contributed by atoms with E-state index in [1.807, 2.05) is 49.4 Å². The molecule has 0 unspecified atom stereocenters. The molecule has 2 heterocycles. The Hall–Kier alpha value is -3.06. The van der Waals surface area contributed by atoms with Crippen LogP contribution in [0, 0.1) is 6.92 Å². The third-order valence-corrected chi connectivity index (χ3v) is 4.52. The van der Waals surface area contributed by atoms with Crippen molar-refractivity contribution in [3.8, 4) is 10.6 Å². The van der Waals surface area contributed by atoms with Crippen LogP contribution in [-0.2, 0) is 0 Å². The highest BCUT2D eigenvalue weighted by molar-refractivity contribution is 7.19. The molecule has 0 aliphatic carbocycles. The molecule has 0 aliphatic heterocycles. The van der Waals surface area contributed by atoms with Gasteiger partial charge in [-0.1, -0.05) is 41.7 Å². The number of aromatic nitrogens is 4. The molecule has 4 rings (SSSR count). The molecule has 0 saturated carbocycles. The first-order valence-electron chi connectivity index (χ1n) is 7.37. The van der Waals surface area contributed by atoms with Crippen LogP contribution in [0.15, 0.2) is 54.6 Å². The summed E-state index contributed by atoms with van der Waals surface area (Å²) in [4.78, 5) is 13.1. The van der Waals surface area contributed by atoms with Crippen molar-refractivity contribution >= 4 is 27.9 Å². The zero-order chi connectivity index (χ0) is 16.5. The SMILES string of the molecule is Cc1nnc2sc(-c3ccccc3NC(=O)c3ccccc3)nn12. The maximum atomic E-state index is 12.4. The van der Waals surface area contributed by atoms with Crippen LogP contribution in [0.25, 0.3) is 15.5 Å². The van der Waals surface area contributed by atoms with E-state index >= 15 is 0 Å².